The molecule has 1 aliphatic rings. The highest BCUT2D eigenvalue weighted by atomic mass is 79.9. The van der Waals surface area contributed by atoms with E-state index >= 15 is 0 Å². The number of piperazine rings is 1. The molecule has 0 aliphatic carbocycles. The first-order valence-electron chi connectivity index (χ1n) is 5.54. The van der Waals surface area contributed by atoms with Crippen LogP contribution in [0.25, 0.3) is 0 Å². The number of nitrogens with zero attached hydrogens (tertiary/aromatic N) is 2. The van der Waals surface area contributed by atoms with E-state index in [0.29, 0.717) is 35.4 Å². The molecule has 1 aliphatic heterocycles. The zero-order valence-electron chi connectivity index (χ0n) is 9.56. The molecule has 2 rings (SSSR count). The van der Waals surface area contributed by atoms with Crippen LogP contribution < -0.4 is 10.2 Å². The number of carboxylic acid groups (broad SMARTS) is 1. The molecule has 1 fully saturated rings. The van der Waals surface area contributed by atoms with Crippen molar-refractivity contribution in [2.45, 2.75) is 6.04 Å². The van der Waals surface area contributed by atoms with E-state index in [1.54, 1.807) is 23.1 Å². The summed E-state index contributed by atoms with van der Waals surface area (Å²) < 4.78 is 0.685. The molecule has 5 nitrogen and oxygen atoms in total. The van der Waals surface area contributed by atoms with E-state index in [4.69, 9.17) is 0 Å². The molecule has 0 amide bonds. The molecule has 0 bridgehead atoms. The Morgan fingerprint density at radius 1 is 1.61 bits per heavy atom. The molecule has 1 unspecified atom stereocenters. The molecule has 1 aromatic rings. The fourth-order valence-electron chi connectivity index (χ4n) is 2.08. The Morgan fingerprint density at radius 3 is 3.06 bits per heavy atom. The number of hydrogen-bond donors (Lipinski definition) is 2. The standard InChI is InChI=1S/C12H12BrN3O2/c13-9-2-1-3-10(8(9)6-14)16-5-4-15-7-11(16)12(17)18/h1-3,11,15H,4-5,7H2,(H,17,18). The van der Waals surface area contributed by atoms with E-state index in [-0.39, 0.29) is 0 Å². The van der Waals surface area contributed by atoms with Gasteiger partial charge in [0.2, 0.25) is 0 Å². The Morgan fingerprint density at radius 2 is 2.39 bits per heavy atom. The third kappa shape index (κ3) is 2.33. The van der Waals surface area contributed by atoms with Crippen LogP contribution in [0.2, 0.25) is 0 Å². The molecule has 1 aromatic carbocycles. The van der Waals surface area contributed by atoms with Crippen molar-refractivity contribution in [1.29, 1.82) is 5.26 Å². The zero-order chi connectivity index (χ0) is 13.1. The van der Waals surface area contributed by atoms with Crippen molar-refractivity contribution in [3.05, 3.63) is 28.2 Å². The number of aliphatic carboxylic acids is 1. The van der Waals surface area contributed by atoms with Crippen molar-refractivity contribution in [1.82, 2.24) is 5.32 Å². The van der Waals surface area contributed by atoms with Crippen LogP contribution >= 0.6 is 15.9 Å². The van der Waals surface area contributed by atoms with Gasteiger partial charge in [0.15, 0.2) is 0 Å². The van der Waals surface area contributed by atoms with E-state index in [0.717, 1.165) is 0 Å². The quantitative estimate of drug-likeness (QED) is 0.858. The van der Waals surface area contributed by atoms with Gasteiger partial charge < -0.3 is 15.3 Å². The number of carboxylic acids is 1. The lowest BCUT2D eigenvalue weighted by Crippen LogP contribution is -2.55. The van der Waals surface area contributed by atoms with Crippen molar-refractivity contribution in [2.75, 3.05) is 24.5 Å². The molecule has 94 valence electrons. The number of nitrogens with one attached hydrogen (secondary N) is 1. The molecular weight excluding hydrogens is 298 g/mol. The summed E-state index contributed by atoms with van der Waals surface area (Å²) in [4.78, 5) is 13.0. The molecule has 0 spiro atoms. The van der Waals surface area contributed by atoms with E-state index in [2.05, 4.69) is 27.3 Å². The molecule has 1 saturated heterocycles. The van der Waals surface area contributed by atoms with Crippen molar-refractivity contribution in [3.63, 3.8) is 0 Å². The normalized spacial score (nSPS) is 19.3. The molecule has 6 heteroatoms. The first-order chi connectivity index (χ1) is 8.65. The van der Waals surface area contributed by atoms with Gasteiger partial charge >= 0.3 is 5.97 Å². The van der Waals surface area contributed by atoms with E-state index < -0.39 is 12.0 Å². The van der Waals surface area contributed by atoms with Crippen LogP contribution in [0.4, 0.5) is 5.69 Å². The van der Waals surface area contributed by atoms with Gasteiger partial charge in [-0.05, 0) is 28.1 Å². The summed E-state index contributed by atoms with van der Waals surface area (Å²) in [5.41, 5.74) is 1.14. The minimum atomic E-state index is -0.883. The van der Waals surface area contributed by atoms with Gasteiger partial charge in [-0.1, -0.05) is 6.07 Å². The number of benzene rings is 1. The molecule has 2 N–H and O–H groups in total. The second-order valence-electron chi connectivity index (χ2n) is 4.00. The summed E-state index contributed by atoms with van der Waals surface area (Å²) in [6.45, 7) is 1.66. The fourth-order valence-corrected chi connectivity index (χ4v) is 2.52. The zero-order valence-corrected chi connectivity index (χ0v) is 11.1. The summed E-state index contributed by atoms with van der Waals surface area (Å²) in [7, 11) is 0. The topological polar surface area (TPSA) is 76.4 Å². The van der Waals surface area contributed by atoms with Crippen LogP contribution in [-0.4, -0.2) is 36.8 Å². The maximum absolute atomic E-state index is 11.2. The minimum Gasteiger partial charge on any atom is -0.480 e. The van der Waals surface area contributed by atoms with Crippen LogP contribution in [0.1, 0.15) is 5.56 Å². The summed E-state index contributed by atoms with van der Waals surface area (Å²) in [6.07, 6.45) is 0. The Balaban J connectivity index is 2.43. The van der Waals surface area contributed by atoms with Crippen LogP contribution in [0, 0.1) is 11.3 Å². The molecule has 0 radical (unpaired) electrons. The van der Waals surface area contributed by atoms with Gasteiger partial charge in [0.1, 0.15) is 12.1 Å². The van der Waals surface area contributed by atoms with Crippen molar-refractivity contribution < 1.29 is 9.90 Å². The summed E-state index contributed by atoms with van der Waals surface area (Å²) >= 11 is 3.32. The molecule has 18 heavy (non-hydrogen) atoms. The summed E-state index contributed by atoms with van der Waals surface area (Å²) in [6, 6.07) is 6.85. The number of nitriles is 1. The lowest BCUT2D eigenvalue weighted by Gasteiger charge is -2.35. The average Bonchev–Trinajstić information content (AvgIpc) is 2.38. The second-order valence-corrected chi connectivity index (χ2v) is 4.85. The van der Waals surface area contributed by atoms with E-state index in [1.165, 1.54) is 0 Å². The average molecular weight is 310 g/mol. The molecule has 0 saturated carbocycles. The monoisotopic (exact) mass is 309 g/mol. The largest absolute Gasteiger partial charge is 0.480 e. The highest BCUT2D eigenvalue weighted by Crippen LogP contribution is 2.28. The first kappa shape index (κ1) is 12.9. The predicted octanol–water partition coefficient (Wildman–Crippen LogP) is 1.18. The Hall–Kier alpha value is -1.58. The van der Waals surface area contributed by atoms with Gasteiger partial charge in [0.05, 0.1) is 11.3 Å². The highest BCUT2D eigenvalue weighted by molar-refractivity contribution is 9.10. The van der Waals surface area contributed by atoms with Crippen LogP contribution in [0.5, 0.6) is 0 Å². The van der Waals surface area contributed by atoms with Crippen molar-refractivity contribution in [2.24, 2.45) is 0 Å². The number of carbonyl (C=O) groups is 1. The highest BCUT2D eigenvalue weighted by Gasteiger charge is 2.30. The van der Waals surface area contributed by atoms with Gasteiger partial charge in [-0.2, -0.15) is 5.26 Å². The number of halogens is 1. The summed E-state index contributed by atoms with van der Waals surface area (Å²) in [5, 5.41) is 21.5. The summed E-state index contributed by atoms with van der Waals surface area (Å²) in [5.74, 6) is -0.883. The Kier molecular flexibility index (Phi) is 3.84. The van der Waals surface area contributed by atoms with Gasteiger partial charge in [-0.25, -0.2) is 4.79 Å². The fraction of sp³-hybridized carbons (Fsp3) is 0.333. The van der Waals surface area contributed by atoms with Crippen LogP contribution in [0.15, 0.2) is 22.7 Å². The van der Waals surface area contributed by atoms with Crippen molar-refractivity contribution in [3.8, 4) is 6.07 Å². The molecule has 1 heterocycles. The second kappa shape index (κ2) is 5.38. The molecule has 1 atom stereocenters. The van der Waals surface area contributed by atoms with Gasteiger partial charge in [-0.15, -0.1) is 0 Å². The number of rotatable bonds is 2. The SMILES string of the molecule is N#Cc1c(Br)cccc1N1CCNCC1C(=O)O. The minimum absolute atomic E-state index is 0.382. The molecular formula is C12H12BrN3O2. The maximum Gasteiger partial charge on any atom is 0.327 e. The maximum atomic E-state index is 11.2. The third-order valence-electron chi connectivity index (χ3n) is 2.94. The first-order valence-corrected chi connectivity index (χ1v) is 6.33. The number of anilines is 1. The Labute approximate surface area is 113 Å². The lowest BCUT2D eigenvalue weighted by molar-refractivity contribution is -0.138. The number of hydrogen-bond acceptors (Lipinski definition) is 4. The van der Waals surface area contributed by atoms with Crippen molar-refractivity contribution >= 4 is 27.6 Å². The molecule has 0 aromatic heterocycles. The smallest absolute Gasteiger partial charge is 0.327 e. The Bertz CT molecular complexity index is 513. The van der Waals surface area contributed by atoms with Crippen LogP contribution in [0.3, 0.4) is 0 Å². The third-order valence-corrected chi connectivity index (χ3v) is 3.60. The van der Waals surface area contributed by atoms with Gasteiger partial charge in [0, 0.05) is 24.1 Å². The van der Waals surface area contributed by atoms with E-state index in [1.807, 2.05) is 0 Å². The predicted molar refractivity (Wildman–Crippen MR) is 70.5 cm³/mol. The van der Waals surface area contributed by atoms with Gasteiger partial charge in [0.25, 0.3) is 0 Å². The van der Waals surface area contributed by atoms with E-state index in [9.17, 15) is 15.2 Å². The van der Waals surface area contributed by atoms with Gasteiger partial charge in [-0.3, -0.25) is 0 Å². The lowest BCUT2D eigenvalue weighted by atomic mass is 10.1. The van der Waals surface area contributed by atoms with Crippen LogP contribution in [-0.2, 0) is 4.79 Å².